The maximum Gasteiger partial charge on any atom is 0.410 e. The van der Waals surface area contributed by atoms with Gasteiger partial charge in [-0.1, -0.05) is 32.8 Å². The van der Waals surface area contributed by atoms with Gasteiger partial charge in [0.2, 0.25) is 10.0 Å². The fourth-order valence-electron chi connectivity index (χ4n) is 4.18. The first-order valence-corrected chi connectivity index (χ1v) is 15.5. The number of anilines is 1. The average Bonchev–Trinajstić information content (AvgIpc) is 2.83. The Labute approximate surface area is 228 Å². The van der Waals surface area contributed by atoms with Crippen molar-refractivity contribution in [3.8, 4) is 11.5 Å². The molecule has 1 fully saturated rings. The van der Waals surface area contributed by atoms with Crippen molar-refractivity contribution in [2.45, 2.75) is 98.0 Å². The molecular formula is C28H46N2O7S. The fraction of sp³-hybridized carbons (Fsp3) is 0.714. The Balaban J connectivity index is 1.89. The minimum absolute atomic E-state index is 0.0209. The van der Waals surface area contributed by atoms with Crippen LogP contribution in [0.4, 0.5) is 10.5 Å². The Morgan fingerprint density at radius 3 is 2.34 bits per heavy atom. The van der Waals surface area contributed by atoms with Crippen LogP contribution >= 0.6 is 0 Å². The van der Waals surface area contributed by atoms with E-state index in [4.69, 9.17) is 14.2 Å². The molecule has 0 saturated carbocycles. The van der Waals surface area contributed by atoms with Gasteiger partial charge in [-0.25, -0.2) is 13.2 Å². The standard InChI is InChI=1S/C28H46N2O7S/c1-6-8-21-38(33,34)29-26-23(14-11-15-24(26)36-25(31)12-7-2)35-20-10-9-13-22-16-18-30(19-17-22)27(32)37-28(3,4)5/h11,14-15,22,29H,6-10,12-13,16-21H2,1-5H3. The number of sulfonamides is 1. The van der Waals surface area contributed by atoms with E-state index in [1.165, 1.54) is 0 Å². The number of rotatable bonds is 14. The molecule has 1 aliphatic rings. The van der Waals surface area contributed by atoms with Crippen molar-refractivity contribution in [1.29, 1.82) is 0 Å². The number of likely N-dealkylation sites (tertiary alicyclic amines) is 1. The summed E-state index contributed by atoms with van der Waals surface area (Å²) in [5.74, 6) is 0.607. The summed E-state index contributed by atoms with van der Waals surface area (Å²) < 4.78 is 44.7. The van der Waals surface area contributed by atoms with Crippen LogP contribution in [0.25, 0.3) is 0 Å². The molecule has 216 valence electrons. The average molecular weight is 555 g/mol. The molecule has 1 saturated heterocycles. The molecule has 1 N–H and O–H groups in total. The molecule has 0 spiro atoms. The lowest BCUT2D eigenvalue weighted by Crippen LogP contribution is -2.41. The smallest absolute Gasteiger partial charge is 0.410 e. The van der Waals surface area contributed by atoms with Gasteiger partial charge in [0.05, 0.1) is 12.4 Å². The zero-order chi connectivity index (χ0) is 28.2. The lowest BCUT2D eigenvalue weighted by molar-refractivity contribution is -0.134. The number of carbonyl (C=O) groups excluding carboxylic acids is 2. The number of carbonyl (C=O) groups is 2. The van der Waals surface area contributed by atoms with Crippen LogP contribution in [-0.4, -0.2) is 56.4 Å². The second-order valence-corrected chi connectivity index (χ2v) is 12.7. The van der Waals surface area contributed by atoms with Gasteiger partial charge in [-0.3, -0.25) is 9.52 Å². The summed E-state index contributed by atoms with van der Waals surface area (Å²) in [7, 11) is -3.62. The summed E-state index contributed by atoms with van der Waals surface area (Å²) >= 11 is 0. The van der Waals surface area contributed by atoms with Gasteiger partial charge in [0, 0.05) is 19.5 Å². The van der Waals surface area contributed by atoms with Crippen molar-refractivity contribution < 1.29 is 32.2 Å². The molecule has 38 heavy (non-hydrogen) atoms. The second-order valence-electron chi connectivity index (χ2n) is 10.9. The van der Waals surface area contributed by atoms with Crippen LogP contribution in [0.3, 0.4) is 0 Å². The molecule has 1 heterocycles. The van der Waals surface area contributed by atoms with Gasteiger partial charge in [0.25, 0.3) is 0 Å². The SMILES string of the molecule is CCCCS(=O)(=O)Nc1c(OCCCCC2CCN(C(=O)OC(C)(C)C)CC2)cccc1OC(=O)CCC. The molecule has 0 atom stereocenters. The van der Waals surface area contributed by atoms with Crippen molar-refractivity contribution in [3.63, 3.8) is 0 Å². The summed E-state index contributed by atoms with van der Waals surface area (Å²) in [5, 5.41) is 0. The van der Waals surface area contributed by atoms with Crippen molar-refractivity contribution in [2.75, 3.05) is 30.2 Å². The Kier molecular flexibility index (Phi) is 12.7. The van der Waals surface area contributed by atoms with Crippen LogP contribution in [0.2, 0.25) is 0 Å². The Hall–Kier alpha value is -2.49. The topological polar surface area (TPSA) is 111 Å². The third kappa shape index (κ3) is 11.5. The van der Waals surface area contributed by atoms with E-state index in [-0.39, 0.29) is 29.7 Å². The van der Waals surface area contributed by atoms with Crippen molar-refractivity contribution in [3.05, 3.63) is 18.2 Å². The lowest BCUT2D eigenvalue weighted by atomic mass is 9.92. The Bertz CT molecular complexity index is 997. The van der Waals surface area contributed by atoms with Crippen LogP contribution in [0.15, 0.2) is 18.2 Å². The number of unbranched alkanes of at least 4 members (excludes halogenated alkanes) is 2. The predicted octanol–water partition coefficient (Wildman–Crippen LogP) is 6.13. The van der Waals surface area contributed by atoms with Crippen molar-refractivity contribution in [2.24, 2.45) is 5.92 Å². The van der Waals surface area contributed by atoms with E-state index in [0.29, 0.717) is 44.2 Å². The van der Waals surface area contributed by atoms with Gasteiger partial charge in [-0.05, 0) is 77.3 Å². The van der Waals surface area contributed by atoms with Gasteiger partial charge >= 0.3 is 12.1 Å². The zero-order valence-electron chi connectivity index (χ0n) is 23.7. The molecule has 0 unspecified atom stereocenters. The third-order valence-corrected chi connectivity index (χ3v) is 7.56. The number of amides is 1. The number of hydrogen-bond acceptors (Lipinski definition) is 7. The number of ether oxygens (including phenoxy) is 3. The van der Waals surface area contributed by atoms with E-state index in [0.717, 1.165) is 38.5 Å². The van der Waals surface area contributed by atoms with Crippen LogP contribution < -0.4 is 14.2 Å². The highest BCUT2D eigenvalue weighted by Gasteiger charge is 2.26. The summed E-state index contributed by atoms with van der Waals surface area (Å²) in [4.78, 5) is 26.2. The van der Waals surface area contributed by atoms with Crippen LogP contribution in [0.1, 0.15) is 92.4 Å². The number of nitrogens with one attached hydrogen (secondary N) is 1. The predicted molar refractivity (Wildman–Crippen MR) is 149 cm³/mol. The Morgan fingerprint density at radius 1 is 1.03 bits per heavy atom. The molecule has 1 aromatic carbocycles. The largest absolute Gasteiger partial charge is 0.491 e. The number of piperidine rings is 1. The van der Waals surface area contributed by atoms with E-state index >= 15 is 0 Å². The van der Waals surface area contributed by atoms with E-state index < -0.39 is 21.6 Å². The van der Waals surface area contributed by atoms with Gasteiger partial charge in [0.15, 0.2) is 5.75 Å². The summed E-state index contributed by atoms with van der Waals surface area (Å²) in [5.41, 5.74) is -0.317. The molecule has 0 aliphatic carbocycles. The second kappa shape index (κ2) is 15.2. The van der Waals surface area contributed by atoms with E-state index in [9.17, 15) is 18.0 Å². The van der Waals surface area contributed by atoms with E-state index in [2.05, 4.69) is 4.72 Å². The first kappa shape index (κ1) is 31.7. The molecule has 0 aromatic heterocycles. The first-order valence-electron chi connectivity index (χ1n) is 13.9. The molecule has 1 aromatic rings. The van der Waals surface area contributed by atoms with Gasteiger partial charge in [-0.15, -0.1) is 0 Å². The van der Waals surface area contributed by atoms with Crippen molar-refractivity contribution >= 4 is 27.8 Å². The van der Waals surface area contributed by atoms with Crippen LogP contribution in [0, 0.1) is 5.92 Å². The zero-order valence-corrected chi connectivity index (χ0v) is 24.5. The van der Waals surface area contributed by atoms with E-state index in [1.807, 2.05) is 34.6 Å². The molecule has 1 amide bonds. The number of benzene rings is 1. The molecular weight excluding hydrogens is 508 g/mol. The monoisotopic (exact) mass is 554 g/mol. The number of esters is 1. The van der Waals surface area contributed by atoms with Crippen molar-refractivity contribution in [1.82, 2.24) is 4.90 Å². The molecule has 9 nitrogen and oxygen atoms in total. The highest BCUT2D eigenvalue weighted by atomic mass is 32.2. The highest BCUT2D eigenvalue weighted by molar-refractivity contribution is 7.92. The number of nitrogens with zero attached hydrogens (tertiary/aromatic N) is 1. The van der Waals surface area contributed by atoms with Gasteiger partial charge in [-0.2, -0.15) is 0 Å². The molecule has 2 rings (SSSR count). The molecule has 1 aliphatic heterocycles. The summed E-state index contributed by atoms with van der Waals surface area (Å²) in [6.45, 7) is 11.3. The summed E-state index contributed by atoms with van der Waals surface area (Å²) in [6.07, 6.45) is 6.61. The maximum atomic E-state index is 12.6. The highest BCUT2D eigenvalue weighted by Crippen LogP contribution is 2.36. The normalized spacial score (nSPS) is 14.7. The maximum absolute atomic E-state index is 12.6. The molecule has 0 bridgehead atoms. The number of hydrogen-bond donors (Lipinski definition) is 1. The van der Waals surface area contributed by atoms with Crippen LogP contribution in [0.5, 0.6) is 11.5 Å². The Morgan fingerprint density at radius 2 is 1.71 bits per heavy atom. The van der Waals surface area contributed by atoms with Gasteiger partial charge in [0.1, 0.15) is 17.0 Å². The quantitative estimate of drug-likeness (QED) is 0.167. The van der Waals surface area contributed by atoms with Crippen LogP contribution in [-0.2, 0) is 19.6 Å². The molecule has 0 radical (unpaired) electrons. The third-order valence-electron chi connectivity index (χ3n) is 6.22. The van der Waals surface area contributed by atoms with E-state index in [1.54, 1.807) is 23.1 Å². The summed E-state index contributed by atoms with van der Waals surface area (Å²) in [6, 6.07) is 4.94. The number of para-hydroxylation sites is 1. The fourth-order valence-corrected chi connectivity index (χ4v) is 5.47. The minimum Gasteiger partial charge on any atom is -0.491 e. The molecule has 10 heteroatoms. The van der Waals surface area contributed by atoms with Gasteiger partial charge < -0.3 is 19.1 Å². The minimum atomic E-state index is -3.62. The lowest BCUT2D eigenvalue weighted by Gasteiger charge is -2.33. The first-order chi connectivity index (χ1) is 17.9.